The lowest BCUT2D eigenvalue weighted by atomic mass is 10.0. The number of halogens is 1. The van der Waals surface area contributed by atoms with Crippen molar-refractivity contribution < 1.29 is 14.0 Å². The lowest BCUT2D eigenvalue weighted by molar-refractivity contribution is -0.123. The maximum Gasteiger partial charge on any atom is 0.269 e. The fourth-order valence-electron chi connectivity index (χ4n) is 4.31. The predicted molar refractivity (Wildman–Crippen MR) is 122 cm³/mol. The number of anilines is 2. The van der Waals surface area contributed by atoms with Gasteiger partial charge in [0.15, 0.2) is 0 Å². The molecule has 0 saturated carbocycles. The van der Waals surface area contributed by atoms with Gasteiger partial charge in [-0.15, -0.1) is 11.8 Å². The van der Waals surface area contributed by atoms with Gasteiger partial charge in [0, 0.05) is 11.3 Å². The Morgan fingerprint density at radius 1 is 1.00 bits per heavy atom. The third kappa shape index (κ3) is 2.97. The number of nitrogens with zero attached hydrogens (tertiary/aromatic N) is 2. The fourth-order valence-corrected chi connectivity index (χ4v) is 5.67. The molecule has 5 rings (SSSR count). The molecule has 31 heavy (non-hydrogen) atoms. The summed E-state index contributed by atoms with van der Waals surface area (Å²) < 4.78 is 14.4. The zero-order valence-electron chi connectivity index (χ0n) is 17.3. The summed E-state index contributed by atoms with van der Waals surface area (Å²) in [5.41, 5.74) is 4.61. The van der Waals surface area contributed by atoms with E-state index in [9.17, 15) is 14.0 Å². The van der Waals surface area contributed by atoms with Crippen LogP contribution in [0.15, 0.2) is 66.7 Å². The van der Waals surface area contributed by atoms with Gasteiger partial charge in [-0.25, -0.2) is 4.39 Å². The van der Waals surface area contributed by atoms with Gasteiger partial charge in [-0.2, -0.15) is 0 Å². The molecule has 1 fully saturated rings. The van der Waals surface area contributed by atoms with Crippen LogP contribution < -0.4 is 9.80 Å². The summed E-state index contributed by atoms with van der Waals surface area (Å²) in [6.45, 7) is 4.10. The van der Waals surface area contributed by atoms with E-state index < -0.39 is 10.7 Å². The maximum absolute atomic E-state index is 14.4. The van der Waals surface area contributed by atoms with Gasteiger partial charge in [0.25, 0.3) is 5.91 Å². The smallest absolute Gasteiger partial charge is 0.269 e. The van der Waals surface area contributed by atoms with Crippen LogP contribution in [0.2, 0.25) is 0 Å². The van der Waals surface area contributed by atoms with Crippen LogP contribution >= 0.6 is 11.8 Å². The van der Waals surface area contributed by atoms with Crippen molar-refractivity contribution in [1.29, 1.82) is 0 Å². The Kier molecular flexibility index (Phi) is 4.63. The number of aryl methyl sites for hydroxylation is 2. The summed E-state index contributed by atoms with van der Waals surface area (Å²) in [5, 5.41) is 0. The number of benzene rings is 3. The highest BCUT2D eigenvalue weighted by molar-refractivity contribution is 8.02. The first kappa shape index (κ1) is 19.8. The van der Waals surface area contributed by atoms with Crippen LogP contribution in [0.25, 0.3) is 0 Å². The first-order valence-electron chi connectivity index (χ1n) is 10.1. The zero-order valence-corrected chi connectivity index (χ0v) is 18.1. The fraction of sp³-hybridized carbons (Fsp3) is 0.200. The third-order valence-corrected chi connectivity index (χ3v) is 7.32. The van der Waals surface area contributed by atoms with E-state index in [1.165, 1.54) is 22.7 Å². The highest BCUT2D eigenvalue weighted by Crippen LogP contribution is 2.56. The molecule has 2 aliphatic rings. The first-order valence-corrected chi connectivity index (χ1v) is 11.1. The Bertz CT molecular complexity index is 1210. The molecule has 3 aromatic rings. The molecular formula is C25H21FN2O2S. The summed E-state index contributed by atoms with van der Waals surface area (Å²) in [5.74, 6) is -0.610. The minimum atomic E-state index is -1.22. The van der Waals surface area contributed by atoms with Crippen LogP contribution in [0.5, 0.6) is 0 Å². The van der Waals surface area contributed by atoms with Crippen molar-refractivity contribution in [2.75, 3.05) is 15.6 Å². The highest BCUT2D eigenvalue weighted by atomic mass is 32.2. The van der Waals surface area contributed by atoms with Crippen molar-refractivity contribution in [2.24, 2.45) is 0 Å². The van der Waals surface area contributed by atoms with Crippen molar-refractivity contribution in [3.63, 3.8) is 0 Å². The molecule has 2 heterocycles. The summed E-state index contributed by atoms with van der Waals surface area (Å²) in [6, 6.07) is 20.3. The van der Waals surface area contributed by atoms with E-state index in [1.807, 2.05) is 55.5 Å². The van der Waals surface area contributed by atoms with Crippen LogP contribution in [-0.2, 0) is 21.0 Å². The molecule has 0 unspecified atom stereocenters. The van der Waals surface area contributed by atoms with Gasteiger partial charge in [0.2, 0.25) is 10.8 Å². The molecule has 2 amide bonds. The van der Waals surface area contributed by atoms with Crippen LogP contribution in [0.4, 0.5) is 15.8 Å². The van der Waals surface area contributed by atoms with Crippen molar-refractivity contribution in [2.45, 2.75) is 25.3 Å². The molecule has 1 atom stereocenters. The molecule has 0 radical (unpaired) electrons. The summed E-state index contributed by atoms with van der Waals surface area (Å²) in [6.07, 6.45) is 0. The Morgan fingerprint density at radius 3 is 2.48 bits per heavy atom. The van der Waals surface area contributed by atoms with Gasteiger partial charge < -0.3 is 4.90 Å². The van der Waals surface area contributed by atoms with Gasteiger partial charge >= 0.3 is 0 Å². The molecule has 0 aromatic heterocycles. The number of amides is 2. The summed E-state index contributed by atoms with van der Waals surface area (Å²) in [7, 11) is 0. The first-order chi connectivity index (χ1) is 14.9. The molecule has 3 aromatic carbocycles. The van der Waals surface area contributed by atoms with Crippen LogP contribution in [0.1, 0.15) is 22.3 Å². The number of carbonyl (C=O) groups is 2. The molecular weight excluding hydrogens is 411 g/mol. The monoisotopic (exact) mass is 432 g/mol. The van der Waals surface area contributed by atoms with Gasteiger partial charge in [-0.3, -0.25) is 14.5 Å². The van der Waals surface area contributed by atoms with Gasteiger partial charge in [0.05, 0.1) is 18.0 Å². The predicted octanol–water partition coefficient (Wildman–Crippen LogP) is 4.92. The number of rotatable bonds is 3. The minimum Gasteiger partial charge on any atom is -0.304 e. The SMILES string of the molecule is Cc1ccc(CN2C(=O)[C@]3(SCC(=O)N3c3ccc(C)c(F)c3)c3ccccc32)cc1. The Balaban J connectivity index is 1.63. The number of fused-ring (bicyclic) bond motifs is 2. The Hall–Kier alpha value is -3.12. The standard InChI is InChI=1S/C25H21FN2O2S/c1-16-7-10-18(11-8-16)14-27-22-6-4-3-5-20(22)25(24(27)30)28(23(29)15-31-25)19-12-9-17(2)21(26)13-19/h3-13H,14-15H2,1-2H3/t25-/m1/s1. The van der Waals surface area contributed by atoms with Crippen molar-refractivity contribution in [3.8, 4) is 0 Å². The lowest BCUT2D eigenvalue weighted by Crippen LogP contribution is -2.49. The lowest BCUT2D eigenvalue weighted by Gasteiger charge is -2.33. The van der Waals surface area contributed by atoms with Crippen molar-refractivity contribution in [3.05, 3.63) is 94.8 Å². The average molecular weight is 433 g/mol. The molecule has 156 valence electrons. The van der Waals surface area contributed by atoms with Crippen LogP contribution in [0, 0.1) is 19.7 Å². The molecule has 0 N–H and O–H groups in total. The number of hydrogen-bond acceptors (Lipinski definition) is 3. The van der Waals surface area contributed by atoms with E-state index in [0.29, 0.717) is 17.8 Å². The average Bonchev–Trinajstić information content (AvgIpc) is 3.23. The van der Waals surface area contributed by atoms with Crippen LogP contribution in [-0.4, -0.2) is 17.6 Å². The number of para-hydroxylation sites is 1. The maximum atomic E-state index is 14.4. The number of thioether (sulfide) groups is 1. The van der Waals surface area contributed by atoms with E-state index >= 15 is 0 Å². The second-order valence-electron chi connectivity index (χ2n) is 7.99. The summed E-state index contributed by atoms with van der Waals surface area (Å²) >= 11 is 1.30. The number of carbonyl (C=O) groups excluding carboxylic acids is 2. The molecule has 2 aliphatic heterocycles. The summed E-state index contributed by atoms with van der Waals surface area (Å²) in [4.78, 5) is 29.0. The van der Waals surface area contributed by atoms with Crippen molar-refractivity contribution in [1.82, 2.24) is 0 Å². The molecule has 1 saturated heterocycles. The van der Waals surface area contributed by atoms with Gasteiger partial charge in [-0.05, 0) is 43.2 Å². The quantitative estimate of drug-likeness (QED) is 0.590. The molecule has 0 aliphatic carbocycles. The zero-order chi connectivity index (χ0) is 21.8. The Labute approximate surface area is 184 Å². The molecule has 4 nitrogen and oxygen atoms in total. The van der Waals surface area contributed by atoms with E-state index in [0.717, 1.165) is 22.4 Å². The van der Waals surface area contributed by atoms with E-state index in [1.54, 1.807) is 24.0 Å². The minimum absolute atomic E-state index is 0.161. The number of hydrogen-bond donors (Lipinski definition) is 0. The molecule has 0 bridgehead atoms. The highest BCUT2D eigenvalue weighted by Gasteiger charge is 2.60. The van der Waals surface area contributed by atoms with Gasteiger partial charge in [-0.1, -0.05) is 54.1 Å². The topological polar surface area (TPSA) is 40.6 Å². The Morgan fingerprint density at radius 2 is 1.74 bits per heavy atom. The van der Waals surface area contributed by atoms with Crippen molar-refractivity contribution >= 4 is 35.0 Å². The van der Waals surface area contributed by atoms with E-state index in [2.05, 4.69) is 0 Å². The molecule has 6 heteroatoms. The largest absolute Gasteiger partial charge is 0.304 e. The van der Waals surface area contributed by atoms with E-state index in [4.69, 9.17) is 0 Å². The molecule has 1 spiro atoms. The second kappa shape index (κ2) is 7.24. The third-order valence-electron chi connectivity index (χ3n) is 5.94. The van der Waals surface area contributed by atoms with E-state index in [-0.39, 0.29) is 17.6 Å². The van der Waals surface area contributed by atoms with Gasteiger partial charge in [0.1, 0.15) is 5.82 Å². The van der Waals surface area contributed by atoms with Crippen LogP contribution in [0.3, 0.4) is 0 Å². The normalized spacial score (nSPS) is 20.1. The second-order valence-corrected chi connectivity index (χ2v) is 9.16.